The zero-order valence-corrected chi connectivity index (χ0v) is 13.5. The second-order valence-electron chi connectivity index (χ2n) is 4.84. The van der Waals surface area contributed by atoms with Gasteiger partial charge in [-0.3, -0.25) is 0 Å². The van der Waals surface area contributed by atoms with Crippen molar-refractivity contribution >= 4 is 34.6 Å². The first-order valence-electron chi connectivity index (χ1n) is 6.81. The van der Waals surface area contributed by atoms with Crippen LogP contribution in [0.4, 0.5) is 18.9 Å². The summed E-state index contributed by atoms with van der Waals surface area (Å²) >= 11 is 11.0. The van der Waals surface area contributed by atoms with Crippen LogP contribution in [-0.4, -0.2) is 11.7 Å². The Kier molecular flexibility index (Phi) is 5.85. The van der Waals surface area contributed by atoms with Crippen LogP contribution in [-0.2, 0) is 12.6 Å². The van der Waals surface area contributed by atoms with Crippen LogP contribution in [0.1, 0.15) is 11.1 Å². The van der Waals surface area contributed by atoms with Gasteiger partial charge < -0.3 is 10.6 Å². The molecule has 0 aromatic heterocycles. The van der Waals surface area contributed by atoms with E-state index in [1.54, 1.807) is 24.3 Å². The summed E-state index contributed by atoms with van der Waals surface area (Å²) < 4.78 is 37.9. The minimum Gasteiger partial charge on any atom is -0.362 e. The smallest absolute Gasteiger partial charge is 0.362 e. The van der Waals surface area contributed by atoms with Gasteiger partial charge in [0.2, 0.25) is 0 Å². The second-order valence-corrected chi connectivity index (χ2v) is 5.68. The molecule has 0 heterocycles. The largest absolute Gasteiger partial charge is 0.416 e. The van der Waals surface area contributed by atoms with Crippen LogP contribution in [0.15, 0.2) is 48.5 Å². The molecule has 0 fully saturated rings. The van der Waals surface area contributed by atoms with Crippen molar-refractivity contribution in [2.45, 2.75) is 12.6 Å². The number of hydrogen-bond donors (Lipinski definition) is 2. The van der Waals surface area contributed by atoms with Gasteiger partial charge >= 0.3 is 6.18 Å². The molecule has 2 N–H and O–H groups in total. The first-order valence-corrected chi connectivity index (χ1v) is 7.60. The Labute approximate surface area is 142 Å². The standard InChI is InChI=1S/C16H14ClF3N2S/c17-13-5-2-6-14(10-13)22-15(23)21-8-7-11-3-1-4-12(9-11)16(18,19)20/h1-6,9-10H,7-8H2,(H2,21,22,23). The molecule has 0 radical (unpaired) electrons. The van der Waals surface area contributed by atoms with E-state index in [0.29, 0.717) is 28.7 Å². The molecule has 0 saturated carbocycles. The van der Waals surface area contributed by atoms with E-state index < -0.39 is 11.7 Å². The molecular formula is C16H14ClF3N2S. The average Bonchev–Trinajstić information content (AvgIpc) is 2.46. The lowest BCUT2D eigenvalue weighted by molar-refractivity contribution is -0.137. The van der Waals surface area contributed by atoms with Gasteiger partial charge in [0.25, 0.3) is 0 Å². The minimum absolute atomic E-state index is 0.388. The molecule has 2 nitrogen and oxygen atoms in total. The summed E-state index contributed by atoms with van der Waals surface area (Å²) in [5.41, 5.74) is 0.696. The lowest BCUT2D eigenvalue weighted by Crippen LogP contribution is -2.30. The van der Waals surface area contributed by atoms with Crippen molar-refractivity contribution in [3.05, 3.63) is 64.7 Å². The van der Waals surface area contributed by atoms with Crippen molar-refractivity contribution in [3.63, 3.8) is 0 Å². The van der Waals surface area contributed by atoms with Crippen LogP contribution in [0.25, 0.3) is 0 Å². The molecular weight excluding hydrogens is 345 g/mol. The Balaban J connectivity index is 1.84. The van der Waals surface area contributed by atoms with Crippen LogP contribution in [0.3, 0.4) is 0 Å². The Morgan fingerprint density at radius 2 is 1.83 bits per heavy atom. The maximum Gasteiger partial charge on any atom is 0.416 e. The highest BCUT2D eigenvalue weighted by Gasteiger charge is 2.30. The summed E-state index contributed by atoms with van der Waals surface area (Å²) in [5.74, 6) is 0. The Hall–Kier alpha value is -1.79. The summed E-state index contributed by atoms with van der Waals surface area (Å²) in [7, 11) is 0. The highest BCUT2D eigenvalue weighted by molar-refractivity contribution is 7.80. The number of hydrogen-bond acceptors (Lipinski definition) is 1. The molecule has 7 heteroatoms. The summed E-state index contributed by atoms with van der Waals surface area (Å²) in [6.07, 6.45) is -3.89. The van der Waals surface area contributed by atoms with Crippen molar-refractivity contribution in [3.8, 4) is 0 Å². The van der Waals surface area contributed by atoms with Crippen LogP contribution < -0.4 is 10.6 Å². The number of benzene rings is 2. The van der Waals surface area contributed by atoms with Gasteiger partial charge in [-0.25, -0.2) is 0 Å². The topological polar surface area (TPSA) is 24.1 Å². The molecule has 2 rings (SSSR count). The van der Waals surface area contributed by atoms with Crippen molar-refractivity contribution in [1.29, 1.82) is 0 Å². The maximum atomic E-state index is 12.6. The third-order valence-corrected chi connectivity index (χ3v) is 3.52. The van der Waals surface area contributed by atoms with E-state index in [2.05, 4.69) is 10.6 Å². The fraction of sp³-hybridized carbons (Fsp3) is 0.188. The second kappa shape index (κ2) is 7.66. The van der Waals surface area contributed by atoms with E-state index in [-0.39, 0.29) is 0 Å². The first kappa shape index (κ1) is 17.6. The highest BCUT2D eigenvalue weighted by atomic mass is 35.5. The van der Waals surface area contributed by atoms with E-state index in [1.165, 1.54) is 6.07 Å². The van der Waals surface area contributed by atoms with E-state index in [9.17, 15) is 13.2 Å². The quantitative estimate of drug-likeness (QED) is 0.761. The van der Waals surface area contributed by atoms with Crippen LogP contribution >= 0.6 is 23.8 Å². The van der Waals surface area contributed by atoms with Gasteiger partial charge in [0.1, 0.15) is 0 Å². The van der Waals surface area contributed by atoms with Gasteiger partial charge in [0.05, 0.1) is 5.56 Å². The zero-order valence-electron chi connectivity index (χ0n) is 12.0. The van der Waals surface area contributed by atoms with Gasteiger partial charge in [-0.1, -0.05) is 35.9 Å². The third-order valence-electron chi connectivity index (χ3n) is 3.04. The third kappa shape index (κ3) is 5.73. The predicted octanol–water partition coefficient (Wildman–Crippen LogP) is 4.89. The first-order chi connectivity index (χ1) is 10.8. The molecule has 23 heavy (non-hydrogen) atoms. The number of alkyl halides is 3. The van der Waals surface area contributed by atoms with E-state index >= 15 is 0 Å². The van der Waals surface area contributed by atoms with Gasteiger partial charge in [-0.05, 0) is 48.5 Å². The highest BCUT2D eigenvalue weighted by Crippen LogP contribution is 2.29. The Morgan fingerprint density at radius 3 is 2.52 bits per heavy atom. The van der Waals surface area contributed by atoms with Crippen molar-refractivity contribution < 1.29 is 13.2 Å². The number of anilines is 1. The molecule has 2 aromatic carbocycles. The molecule has 122 valence electrons. The molecule has 0 unspecified atom stereocenters. The van der Waals surface area contributed by atoms with Crippen LogP contribution in [0, 0.1) is 0 Å². The molecule has 0 aliphatic heterocycles. The maximum absolute atomic E-state index is 12.6. The number of rotatable bonds is 4. The average molecular weight is 359 g/mol. The molecule has 2 aromatic rings. The van der Waals surface area contributed by atoms with Crippen LogP contribution in [0.5, 0.6) is 0 Å². The van der Waals surface area contributed by atoms with Crippen molar-refractivity contribution in [2.75, 3.05) is 11.9 Å². The van der Waals surface area contributed by atoms with Crippen molar-refractivity contribution in [1.82, 2.24) is 5.32 Å². The Bertz CT molecular complexity index is 689. The van der Waals surface area contributed by atoms with Gasteiger partial charge in [-0.15, -0.1) is 0 Å². The minimum atomic E-state index is -4.33. The molecule has 0 amide bonds. The van der Waals surface area contributed by atoms with E-state index in [4.69, 9.17) is 23.8 Å². The lowest BCUT2D eigenvalue weighted by Gasteiger charge is -2.12. The summed E-state index contributed by atoms with van der Waals surface area (Å²) in [4.78, 5) is 0. The molecule has 0 aliphatic carbocycles. The molecule has 0 spiro atoms. The predicted molar refractivity (Wildman–Crippen MR) is 90.8 cm³/mol. The van der Waals surface area contributed by atoms with Crippen molar-refractivity contribution in [2.24, 2.45) is 0 Å². The summed E-state index contributed by atoms with van der Waals surface area (Å²) in [5, 5.41) is 6.89. The molecule has 0 aliphatic rings. The van der Waals surface area contributed by atoms with E-state index in [1.807, 2.05) is 6.07 Å². The van der Waals surface area contributed by atoms with Gasteiger partial charge in [-0.2, -0.15) is 13.2 Å². The normalized spacial score (nSPS) is 11.1. The fourth-order valence-electron chi connectivity index (χ4n) is 1.97. The number of halogens is 4. The molecule has 0 atom stereocenters. The van der Waals surface area contributed by atoms with Gasteiger partial charge in [0, 0.05) is 17.3 Å². The summed E-state index contributed by atoms with van der Waals surface area (Å²) in [6, 6.07) is 12.3. The SMILES string of the molecule is FC(F)(F)c1cccc(CCNC(=S)Nc2cccc(Cl)c2)c1. The molecule has 0 saturated heterocycles. The van der Waals surface area contributed by atoms with Crippen LogP contribution in [0.2, 0.25) is 5.02 Å². The summed E-state index contributed by atoms with van der Waals surface area (Å²) in [6.45, 7) is 0.424. The zero-order chi connectivity index (χ0) is 16.9. The Morgan fingerprint density at radius 1 is 1.09 bits per heavy atom. The monoisotopic (exact) mass is 358 g/mol. The molecule has 0 bridgehead atoms. The lowest BCUT2D eigenvalue weighted by atomic mass is 10.1. The van der Waals surface area contributed by atoms with E-state index in [0.717, 1.165) is 17.8 Å². The fourth-order valence-corrected chi connectivity index (χ4v) is 2.38. The number of thiocarbonyl (C=S) groups is 1. The van der Waals surface area contributed by atoms with Gasteiger partial charge in [0.15, 0.2) is 5.11 Å². The number of nitrogens with one attached hydrogen (secondary N) is 2.